The van der Waals surface area contributed by atoms with E-state index in [-0.39, 0.29) is 10.8 Å². The SMILES string of the molecule is CC(=O)N1CCc2cc(S(=O)(=O)N=[S@](C)(=O)c3ccc(C)cc3)ccc21. The lowest BCUT2D eigenvalue weighted by Gasteiger charge is -2.14. The van der Waals surface area contributed by atoms with Crippen LogP contribution in [0.4, 0.5) is 5.69 Å². The minimum absolute atomic E-state index is 0.0108. The lowest BCUT2D eigenvalue weighted by molar-refractivity contribution is -0.116. The van der Waals surface area contributed by atoms with E-state index in [1.165, 1.54) is 25.3 Å². The highest BCUT2D eigenvalue weighted by Crippen LogP contribution is 2.31. The molecule has 1 aliphatic rings. The highest BCUT2D eigenvalue weighted by molar-refractivity contribution is 8.03. The van der Waals surface area contributed by atoms with Gasteiger partial charge in [0.25, 0.3) is 10.0 Å². The van der Waals surface area contributed by atoms with Crippen LogP contribution in [-0.4, -0.2) is 31.3 Å². The molecule has 3 rings (SSSR count). The van der Waals surface area contributed by atoms with Crippen LogP contribution in [0.5, 0.6) is 0 Å². The number of carbonyl (C=O) groups is 1. The summed E-state index contributed by atoms with van der Waals surface area (Å²) in [6.45, 7) is 3.89. The van der Waals surface area contributed by atoms with Gasteiger partial charge in [0, 0.05) is 30.3 Å². The number of carbonyl (C=O) groups excluding carboxylic acids is 1. The summed E-state index contributed by atoms with van der Waals surface area (Å²) in [7, 11) is -7.19. The first-order valence-corrected chi connectivity index (χ1v) is 11.4. The summed E-state index contributed by atoms with van der Waals surface area (Å²) in [5, 5.41) is 0. The minimum atomic E-state index is -4.09. The molecule has 8 heteroatoms. The van der Waals surface area contributed by atoms with Gasteiger partial charge in [0.1, 0.15) is 0 Å². The predicted octanol–water partition coefficient (Wildman–Crippen LogP) is 2.75. The molecule has 0 radical (unpaired) electrons. The molecule has 0 unspecified atom stereocenters. The lowest BCUT2D eigenvalue weighted by atomic mass is 10.2. The fourth-order valence-electron chi connectivity index (χ4n) is 2.93. The first-order valence-electron chi connectivity index (χ1n) is 8.06. The summed E-state index contributed by atoms with van der Waals surface area (Å²) in [6.07, 6.45) is 1.90. The van der Waals surface area contributed by atoms with E-state index in [9.17, 15) is 17.4 Å². The van der Waals surface area contributed by atoms with Crippen LogP contribution in [0.1, 0.15) is 18.1 Å². The van der Waals surface area contributed by atoms with E-state index in [4.69, 9.17) is 0 Å². The van der Waals surface area contributed by atoms with E-state index in [1.807, 2.05) is 6.92 Å². The number of hydrogen-bond acceptors (Lipinski definition) is 4. The smallest absolute Gasteiger partial charge is 0.290 e. The first-order chi connectivity index (χ1) is 12.1. The molecule has 0 N–H and O–H groups in total. The van der Waals surface area contributed by atoms with Crippen molar-refractivity contribution in [1.29, 1.82) is 0 Å². The molecular formula is C18H20N2O4S2. The van der Waals surface area contributed by atoms with Crippen molar-refractivity contribution < 1.29 is 17.4 Å². The molecule has 1 heterocycles. The normalized spacial score (nSPS) is 16.0. The van der Waals surface area contributed by atoms with Crippen LogP contribution in [0.3, 0.4) is 0 Å². The zero-order valence-electron chi connectivity index (χ0n) is 14.8. The van der Waals surface area contributed by atoms with Crippen LogP contribution in [0.25, 0.3) is 0 Å². The third kappa shape index (κ3) is 3.52. The van der Waals surface area contributed by atoms with Crippen molar-refractivity contribution in [2.75, 3.05) is 17.7 Å². The first kappa shape index (κ1) is 18.6. The van der Waals surface area contributed by atoms with Crippen molar-refractivity contribution in [1.82, 2.24) is 0 Å². The van der Waals surface area contributed by atoms with Crippen LogP contribution in [-0.2, 0) is 31.0 Å². The number of amides is 1. The Labute approximate surface area is 154 Å². The van der Waals surface area contributed by atoms with E-state index in [0.29, 0.717) is 23.5 Å². The number of nitrogens with zero attached hydrogens (tertiary/aromatic N) is 2. The number of aryl methyl sites for hydroxylation is 1. The number of benzene rings is 2. The van der Waals surface area contributed by atoms with Crippen LogP contribution < -0.4 is 4.90 Å². The van der Waals surface area contributed by atoms with Crippen molar-refractivity contribution >= 4 is 31.3 Å². The molecule has 138 valence electrons. The average Bonchev–Trinajstić information content (AvgIpc) is 2.97. The maximum atomic E-state index is 12.9. The summed E-state index contributed by atoms with van der Waals surface area (Å²) < 4.78 is 41.9. The highest BCUT2D eigenvalue weighted by atomic mass is 32.3. The minimum Gasteiger partial charge on any atom is -0.312 e. The van der Waals surface area contributed by atoms with Gasteiger partial charge in [-0.05, 0) is 49.2 Å². The molecule has 0 aliphatic carbocycles. The van der Waals surface area contributed by atoms with Gasteiger partial charge in [-0.3, -0.25) is 4.79 Å². The molecule has 0 spiro atoms. The Bertz CT molecular complexity index is 1100. The van der Waals surface area contributed by atoms with Crippen molar-refractivity contribution in [2.24, 2.45) is 3.77 Å². The fourth-order valence-corrected chi connectivity index (χ4v) is 6.29. The van der Waals surface area contributed by atoms with Gasteiger partial charge in [-0.1, -0.05) is 17.7 Å². The van der Waals surface area contributed by atoms with Crippen LogP contribution >= 0.6 is 0 Å². The molecule has 0 bridgehead atoms. The molecule has 2 aromatic carbocycles. The number of sulfonamides is 1. The zero-order valence-corrected chi connectivity index (χ0v) is 16.4. The molecule has 0 fully saturated rings. The summed E-state index contributed by atoms with van der Waals surface area (Å²) >= 11 is 0. The highest BCUT2D eigenvalue weighted by Gasteiger charge is 2.25. The Hall–Kier alpha value is -2.19. The van der Waals surface area contributed by atoms with Gasteiger partial charge in [-0.2, -0.15) is 8.42 Å². The molecule has 6 nitrogen and oxygen atoms in total. The monoisotopic (exact) mass is 392 g/mol. The average molecular weight is 393 g/mol. The van der Waals surface area contributed by atoms with Gasteiger partial charge in [0.2, 0.25) is 5.91 Å². The molecule has 0 saturated heterocycles. The second-order valence-electron chi connectivity index (χ2n) is 6.38. The summed E-state index contributed by atoms with van der Waals surface area (Å²) in [6, 6.07) is 11.3. The van der Waals surface area contributed by atoms with Crippen LogP contribution in [0.15, 0.2) is 56.0 Å². The number of rotatable bonds is 3. The fraction of sp³-hybridized carbons (Fsp3) is 0.278. The van der Waals surface area contributed by atoms with Gasteiger partial charge in [0.05, 0.1) is 14.6 Å². The molecular weight excluding hydrogens is 372 g/mol. The topological polar surface area (TPSA) is 83.9 Å². The van der Waals surface area contributed by atoms with Crippen molar-refractivity contribution in [3.05, 3.63) is 53.6 Å². The third-order valence-electron chi connectivity index (χ3n) is 4.32. The lowest BCUT2D eigenvalue weighted by Crippen LogP contribution is -2.25. The van der Waals surface area contributed by atoms with Crippen molar-refractivity contribution in [3.63, 3.8) is 0 Å². The van der Waals surface area contributed by atoms with E-state index < -0.39 is 19.8 Å². The Morgan fingerprint density at radius 2 is 1.65 bits per heavy atom. The molecule has 1 amide bonds. The maximum Gasteiger partial charge on any atom is 0.290 e. The molecule has 26 heavy (non-hydrogen) atoms. The van der Waals surface area contributed by atoms with Crippen molar-refractivity contribution in [3.8, 4) is 0 Å². The van der Waals surface area contributed by atoms with Gasteiger partial charge >= 0.3 is 0 Å². The van der Waals surface area contributed by atoms with E-state index in [1.54, 1.807) is 35.2 Å². The standard InChI is InChI=1S/C18H20N2O4S2/c1-13-4-6-16(7-5-13)25(3,22)19-26(23,24)17-8-9-18-15(12-17)10-11-20(18)14(2)21/h4-9,12H,10-11H2,1-3H3/t25-/m1/s1. The zero-order chi connectivity index (χ0) is 19.1. The van der Waals surface area contributed by atoms with Gasteiger partial charge in [0.15, 0.2) is 0 Å². The molecule has 0 aromatic heterocycles. The molecule has 0 saturated carbocycles. The largest absolute Gasteiger partial charge is 0.312 e. The summed E-state index contributed by atoms with van der Waals surface area (Å²) in [4.78, 5) is 13.6. The number of anilines is 1. The molecule has 1 aliphatic heterocycles. The molecule has 1 atom stereocenters. The van der Waals surface area contributed by atoms with Gasteiger partial charge < -0.3 is 4.90 Å². The number of hydrogen-bond donors (Lipinski definition) is 0. The van der Waals surface area contributed by atoms with Crippen LogP contribution in [0.2, 0.25) is 0 Å². The van der Waals surface area contributed by atoms with Crippen molar-refractivity contribution in [2.45, 2.75) is 30.1 Å². The molecule has 2 aromatic rings. The van der Waals surface area contributed by atoms with Gasteiger partial charge in [-0.25, -0.2) is 4.21 Å². The Kier molecular flexibility index (Phi) is 4.66. The second-order valence-corrected chi connectivity index (χ2v) is 10.5. The number of fused-ring (bicyclic) bond motifs is 1. The van der Waals surface area contributed by atoms with E-state index in [0.717, 1.165) is 11.1 Å². The van der Waals surface area contributed by atoms with Crippen LogP contribution in [0, 0.1) is 6.92 Å². The summed E-state index contributed by atoms with van der Waals surface area (Å²) in [5.41, 5.74) is 2.47. The second kappa shape index (κ2) is 6.51. The van der Waals surface area contributed by atoms with Gasteiger partial charge in [-0.15, -0.1) is 3.77 Å². The maximum absolute atomic E-state index is 12.9. The predicted molar refractivity (Wildman–Crippen MR) is 101 cm³/mol. The Morgan fingerprint density at radius 3 is 2.27 bits per heavy atom. The summed E-state index contributed by atoms with van der Waals surface area (Å²) in [5.74, 6) is -0.0833. The van der Waals surface area contributed by atoms with E-state index in [2.05, 4.69) is 3.77 Å². The van der Waals surface area contributed by atoms with E-state index >= 15 is 0 Å². The Balaban J connectivity index is 2.03. The Morgan fingerprint density at radius 1 is 1.04 bits per heavy atom. The third-order valence-corrected chi connectivity index (χ3v) is 8.24. The quantitative estimate of drug-likeness (QED) is 0.804.